The summed E-state index contributed by atoms with van der Waals surface area (Å²) in [5.41, 5.74) is 0. The molecular formula is C11H23NOS. The second-order valence-corrected chi connectivity index (χ2v) is 6.39. The molecule has 2 nitrogen and oxygen atoms in total. The smallest absolute Gasteiger partial charge is 0.0383 e. The van der Waals surface area contributed by atoms with Crippen LogP contribution in [0.2, 0.25) is 0 Å². The molecule has 3 atom stereocenters. The first-order chi connectivity index (χ1) is 6.50. The van der Waals surface area contributed by atoms with Crippen molar-refractivity contribution < 1.29 is 4.21 Å². The van der Waals surface area contributed by atoms with Crippen LogP contribution < -0.4 is 5.32 Å². The van der Waals surface area contributed by atoms with Gasteiger partial charge in [0.25, 0.3) is 0 Å². The van der Waals surface area contributed by atoms with Crippen molar-refractivity contribution >= 4 is 10.8 Å². The van der Waals surface area contributed by atoms with Crippen molar-refractivity contribution in [3.63, 3.8) is 0 Å². The van der Waals surface area contributed by atoms with Crippen LogP contribution in [0.3, 0.4) is 0 Å². The van der Waals surface area contributed by atoms with Gasteiger partial charge in [-0.25, -0.2) is 0 Å². The topological polar surface area (TPSA) is 29.1 Å². The molecule has 0 heterocycles. The van der Waals surface area contributed by atoms with Crippen LogP contribution >= 0.6 is 0 Å². The summed E-state index contributed by atoms with van der Waals surface area (Å²) in [4.78, 5) is 0. The molecule has 0 spiro atoms. The van der Waals surface area contributed by atoms with Gasteiger partial charge in [-0.15, -0.1) is 0 Å². The maximum Gasteiger partial charge on any atom is 0.0383 e. The highest BCUT2D eigenvalue weighted by Gasteiger charge is 2.33. The third-order valence-corrected chi connectivity index (χ3v) is 3.78. The Bertz CT molecular complexity index is 199. The summed E-state index contributed by atoms with van der Waals surface area (Å²) < 4.78 is 11.1. The Balaban J connectivity index is 2.34. The quantitative estimate of drug-likeness (QED) is 0.735. The molecule has 1 fully saturated rings. The maximum absolute atomic E-state index is 11.1. The lowest BCUT2D eigenvalue weighted by atomic mass is 9.99. The molecule has 1 aliphatic carbocycles. The van der Waals surface area contributed by atoms with Gasteiger partial charge in [-0.3, -0.25) is 4.21 Å². The fourth-order valence-electron chi connectivity index (χ4n) is 2.06. The van der Waals surface area contributed by atoms with E-state index in [0.717, 1.165) is 11.7 Å². The molecule has 0 amide bonds. The van der Waals surface area contributed by atoms with Crippen LogP contribution in [0.15, 0.2) is 0 Å². The van der Waals surface area contributed by atoms with Gasteiger partial charge in [-0.05, 0) is 31.6 Å². The van der Waals surface area contributed by atoms with E-state index >= 15 is 0 Å². The van der Waals surface area contributed by atoms with E-state index < -0.39 is 10.8 Å². The number of hydrogen-bond donors (Lipinski definition) is 1. The Kier molecular flexibility index (Phi) is 4.58. The van der Waals surface area contributed by atoms with Gasteiger partial charge in [0.05, 0.1) is 0 Å². The second-order valence-electron chi connectivity index (χ2n) is 4.91. The van der Waals surface area contributed by atoms with Gasteiger partial charge in [0.15, 0.2) is 0 Å². The number of hydrogen-bond acceptors (Lipinski definition) is 2. The molecular weight excluding hydrogens is 194 g/mol. The SMILES string of the molecule is CC(CS(C)=O)NC(C(C)C)C1CC1. The van der Waals surface area contributed by atoms with Crippen molar-refractivity contribution in [3.05, 3.63) is 0 Å². The predicted molar refractivity (Wildman–Crippen MR) is 62.9 cm³/mol. The molecule has 0 radical (unpaired) electrons. The van der Waals surface area contributed by atoms with E-state index in [-0.39, 0.29) is 0 Å². The van der Waals surface area contributed by atoms with Crippen LogP contribution in [0, 0.1) is 11.8 Å². The third-order valence-electron chi connectivity index (χ3n) is 2.81. The molecule has 1 aliphatic rings. The molecule has 0 aromatic carbocycles. The molecule has 1 saturated carbocycles. The summed E-state index contributed by atoms with van der Waals surface area (Å²) in [7, 11) is -0.681. The average molecular weight is 217 g/mol. The minimum Gasteiger partial charge on any atom is -0.310 e. The standard InChI is InChI=1S/C11H23NOS/c1-8(2)11(10-5-6-10)12-9(3)7-14(4)13/h8-12H,5-7H2,1-4H3. The molecule has 84 valence electrons. The molecule has 14 heavy (non-hydrogen) atoms. The van der Waals surface area contributed by atoms with E-state index in [9.17, 15) is 4.21 Å². The van der Waals surface area contributed by atoms with Gasteiger partial charge >= 0.3 is 0 Å². The lowest BCUT2D eigenvalue weighted by molar-refractivity contribution is 0.338. The van der Waals surface area contributed by atoms with Gasteiger partial charge in [0, 0.05) is 34.9 Å². The van der Waals surface area contributed by atoms with Crippen LogP contribution in [0.5, 0.6) is 0 Å². The van der Waals surface area contributed by atoms with Gasteiger partial charge in [0.1, 0.15) is 0 Å². The van der Waals surface area contributed by atoms with Crippen molar-refractivity contribution in [3.8, 4) is 0 Å². The third kappa shape index (κ3) is 4.09. The Morgan fingerprint density at radius 3 is 2.29 bits per heavy atom. The van der Waals surface area contributed by atoms with E-state index in [4.69, 9.17) is 0 Å². The predicted octanol–water partition coefficient (Wildman–Crippen LogP) is 1.78. The highest BCUT2D eigenvalue weighted by Crippen LogP contribution is 2.35. The molecule has 0 bridgehead atoms. The van der Waals surface area contributed by atoms with E-state index in [1.165, 1.54) is 12.8 Å². The highest BCUT2D eigenvalue weighted by atomic mass is 32.2. The summed E-state index contributed by atoms with van der Waals surface area (Å²) in [5, 5.41) is 3.62. The van der Waals surface area contributed by atoms with Crippen molar-refractivity contribution in [2.24, 2.45) is 11.8 Å². The fraction of sp³-hybridized carbons (Fsp3) is 1.00. The lowest BCUT2D eigenvalue weighted by Gasteiger charge is -2.26. The first kappa shape index (κ1) is 12.2. The summed E-state index contributed by atoms with van der Waals surface area (Å²) >= 11 is 0. The van der Waals surface area contributed by atoms with Crippen LogP contribution in [0.25, 0.3) is 0 Å². The molecule has 0 saturated heterocycles. The minimum atomic E-state index is -0.681. The Morgan fingerprint density at radius 1 is 1.36 bits per heavy atom. The molecule has 0 aliphatic heterocycles. The summed E-state index contributed by atoms with van der Waals surface area (Å²) in [6, 6.07) is 1.02. The van der Waals surface area contributed by atoms with E-state index in [1.807, 2.05) is 0 Å². The van der Waals surface area contributed by atoms with E-state index in [0.29, 0.717) is 18.0 Å². The Hall–Kier alpha value is 0.110. The van der Waals surface area contributed by atoms with Crippen LogP contribution in [0.1, 0.15) is 33.6 Å². The number of nitrogens with one attached hydrogen (secondary N) is 1. The normalized spacial score (nSPS) is 23.5. The van der Waals surface area contributed by atoms with Gasteiger partial charge < -0.3 is 5.32 Å². The summed E-state index contributed by atoms with van der Waals surface area (Å²) in [5.74, 6) is 2.34. The van der Waals surface area contributed by atoms with Crippen molar-refractivity contribution in [2.75, 3.05) is 12.0 Å². The Morgan fingerprint density at radius 2 is 1.93 bits per heavy atom. The summed E-state index contributed by atoms with van der Waals surface area (Å²) in [6.07, 6.45) is 4.52. The van der Waals surface area contributed by atoms with Gasteiger partial charge in [-0.1, -0.05) is 13.8 Å². The van der Waals surface area contributed by atoms with E-state index in [2.05, 4.69) is 26.1 Å². The van der Waals surface area contributed by atoms with Crippen LogP contribution in [-0.2, 0) is 10.8 Å². The zero-order valence-corrected chi connectivity index (χ0v) is 10.6. The fourth-order valence-corrected chi connectivity index (χ4v) is 2.86. The zero-order valence-electron chi connectivity index (χ0n) is 9.75. The van der Waals surface area contributed by atoms with Gasteiger partial charge in [-0.2, -0.15) is 0 Å². The Labute approximate surface area is 90.3 Å². The molecule has 0 aromatic heterocycles. The average Bonchev–Trinajstić information content (AvgIpc) is 2.80. The summed E-state index contributed by atoms with van der Waals surface area (Å²) in [6.45, 7) is 6.68. The number of rotatable bonds is 6. The lowest BCUT2D eigenvalue weighted by Crippen LogP contribution is -2.43. The minimum absolute atomic E-state index is 0.383. The van der Waals surface area contributed by atoms with Crippen LogP contribution in [-0.4, -0.2) is 28.3 Å². The maximum atomic E-state index is 11.1. The van der Waals surface area contributed by atoms with Crippen molar-refractivity contribution in [2.45, 2.75) is 45.7 Å². The second kappa shape index (κ2) is 5.26. The van der Waals surface area contributed by atoms with Crippen molar-refractivity contribution in [1.82, 2.24) is 5.32 Å². The molecule has 3 unspecified atom stereocenters. The highest BCUT2D eigenvalue weighted by molar-refractivity contribution is 7.84. The molecule has 1 rings (SSSR count). The first-order valence-electron chi connectivity index (χ1n) is 5.56. The largest absolute Gasteiger partial charge is 0.310 e. The molecule has 1 N–H and O–H groups in total. The van der Waals surface area contributed by atoms with Crippen molar-refractivity contribution in [1.29, 1.82) is 0 Å². The molecule has 0 aromatic rings. The first-order valence-corrected chi connectivity index (χ1v) is 7.29. The molecule has 3 heteroatoms. The van der Waals surface area contributed by atoms with Gasteiger partial charge in [0.2, 0.25) is 0 Å². The monoisotopic (exact) mass is 217 g/mol. The van der Waals surface area contributed by atoms with Crippen LogP contribution in [0.4, 0.5) is 0 Å². The van der Waals surface area contributed by atoms with E-state index in [1.54, 1.807) is 6.26 Å². The zero-order chi connectivity index (χ0) is 10.7.